The number of nitrogens with zero attached hydrogens (tertiary/aromatic N) is 2. The van der Waals surface area contributed by atoms with Crippen LogP contribution in [0.2, 0.25) is 0 Å². The molecule has 1 aliphatic rings. The van der Waals surface area contributed by atoms with Gasteiger partial charge in [-0.2, -0.15) is 5.10 Å². The third-order valence-corrected chi connectivity index (χ3v) is 4.56. The Morgan fingerprint density at radius 1 is 1.32 bits per heavy atom. The monoisotopic (exact) mass is 263 g/mol. The average molecular weight is 263 g/mol. The molecule has 0 aromatic carbocycles. The van der Waals surface area contributed by atoms with E-state index in [0.29, 0.717) is 5.41 Å². The molecule has 0 bridgehead atoms. The average Bonchev–Trinajstić information content (AvgIpc) is 2.90. The maximum atomic E-state index is 6.25. The van der Waals surface area contributed by atoms with Crippen molar-refractivity contribution in [3.63, 3.8) is 0 Å². The first-order valence-corrected chi connectivity index (χ1v) is 7.82. The number of nitrogen functional groups attached to an aromatic ring is 1. The molecular weight excluding hydrogens is 234 g/mol. The minimum absolute atomic E-state index is 0.300. The van der Waals surface area contributed by atoms with Crippen LogP contribution in [0.3, 0.4) is 0 Å². The summed E-state index contributed by atoms with van der Waals surface area (Å²) >= 11 is 0. The van der Waals surface area contributed by atoms with E-state index < -0.39 is 0 Å². The predicted molar refractivity (Wildman–Crippen MR) is 81.2 cm³/mol. The number of hydrogen-bond donors (Lipinski definition) is 1. The van der Waals surface area contributed by atoms with Crippen molar-refractivity contribution in [2.45, 2.75) is 71.1 Å². The molecule has 1 saturated carbocycles. The van der Waals surface area contributed by atoms with Gasteiger partial charge < -0.3 is 5.73 Å². The van der Waals surface area contributed by atoms with Crippen LogP contribution in [-0.4, -0.2) is 9.78 Å². The third kappa shape index (κ3) is 2.65. The Labute approximate surface area is 117 Å². The van der Waals surface area contributed by atoms with Crippen LogP contribution in [0, 0.1) is 5.92 Å². The lowest BCUT2D eigenvalue weighted by Crippen LogP contribution is -2.26. The van der Waals surface area contributed by atoms with Crippen LogP contribution >= 0.6 is 0 Å². The summed E-state index contributed by atoms with van der Waals surface area (Å²) in [6, 6.07) is 0. The van der Waals surface area contributed by atoms with Crippen LogP contribution in [0.1, 0.15) is 70.6 Å². The summed E-state index contributed by atoms with van der Waals surface area (Å²) in [7, 11) is 1.98. The lowest BCUT2D eigenvalue weighted by molar-refractivity contribution is 0.333. The van der Waals surface area contributed by atoms with Gasteiger partial charge in [0.15, 0.2) is 0 Å². The summed E-state index contributed by atoms with van der Waals surface area (Å²) in [5.41, 5.74) is 9.19. The zero-order valence-corrected chi connectivity index (χ0v) is 13.0. The van der Waals surface area contributed by atoms with Crippen molar-refractivity contribution in [2.75, 3.05) is 5.73 Å². The van der Waals surface area contributed by atoms with Gasteiger partial charge in [0.25, 0.3) is 0 Å². The molecule has 1 aromatic heterocycles. The van der Waals surface area contributed by atoms with E-state index in [9.17, 15) is 0 Å². The quantitative estimate of drug-likeness (QED) is 0.877. The van der Waals surface area contributed by atoms with Gasteiger partial charge in [-0.1, -0.05) is 40.0 Å². The van der Waals surface area contributed by atoms with E-state index in [-0.39, 0.29) is 0 Å². The van der Waals surface area contributed by atoms with Gasteiger partial charge in [0.1, 0.15) is 5.82 Å². The smallest absolute Gasteiger partial charge is 0.124 e. The molecule has 19 heavy (non-hydrogen) atoms. The maximum absolute atomic E-state index is 6.25. The van der Waals surface area contributed by atoms with E-state index in [2.05, 4.69) is 20.8 Å². The van der Waals surface area contributed by atoms with Crippen molar-refractivity contribution < 1.29 is 0 Å². The minimum atomic E-state index is 0.300. The Hall–Kier alpha value is -0.990. The van der Waals surface area contributed by atoms with Crippen LogP contribution in [-0.2, 0) is 18.9 Å². The normalized spacial score (nSPS) is 18.4. The maximum Gasteiger partial charge on any atom is 0.124 e. The molecule has 1 aromatic rings. The summed E-state index contributed by atoms with van der Waals surface area (Å²) in [5.74, 6) is 1.60. The van der Waals surface area contributed by atoms with E-state index in [1.807, 2.05) is 11.7 Å². The van der Waals surface area contributed by atoms with Gasteiger partial charge >= 0.3 is 0 Å². The minimum Gasteiger partial charge on any atom is -0.384 e. The number of aryl methyl sites for hydroxylation is 1. The SMILES string of the molecule is CCCc1c(C2(CC(C)C)CCCC2)nn(C)c1N. The van der Waals surface area contributed by atoms with Crippen molar-refractivity contribution in [1.29, 1.82) is 0 Å². The van der Waals surface area contributed by atoms with Crippen molar-refractivity contribution in [1.82, 2.24) is 9.78 Å². The van der Waals surface area contributed by atoms with Crippen molar-refractivity contribution in [3.8, 4) is 0 Å². The van der Waals surface area contributed by atoms with Gasteiger partial charge in [-0.15, -0.1) is 0 Å². The van der Waals surface area contributed by atoms with Crippen molar-refractivity contribution in [2.24, 2.45) is 13.0 Å². The molecule has 2 rings (SSSR count). The van der Waals surface area contributed by atoms with Gasteiger partial charge in [-0.05, 0) is 31.6 Å². The number of rotatable bonds is 5. The highest BCUT2D eigenvalue weighted by Gasteiger charge is 2.40. The highest BCUT2D eigenvalue weighted by atomic mass is 15.3. The molecule has 1 aliphatic carbocycles. The van der Waals surface area contributed by atoms with E-state index in [1.54, 1.807) is 0 Å². The van der Waals surface area contributed by atoms with Gasteiger partial charge in [-0.25, -0.2) is 0 Å². The second kappa shape index (κ2) is 5.56. The second-order valence-corrected chi connectivity index (χ2v) is 6.67. The van der Waals surface area contributed by atoms with Gasteiger partial charge in [0, 0.05) is 18.0 Å². The van der Waals surface area contributed by atoms with E-state index >= 15 is 0 Å². The van der Waals surface area contributed by atoms with Crippen LogP contribution in [0.15, 0.2) is 0 Å². The van der Waals surface area contributed by atoms with E-state index in [1.165, 1.54) is 43.4 Å². The van der Waals surface area contributed by atoms with Crippen molar-refractivity contribution in [3.05, 3.63) is 11.3 Å². The lowest BCUT2D eigenvalue weighted by atomic mass is 9.74. The van der Waals surface area contributed by atoms with Crippen LogP contribution in [0.25, 0.3) is 0 Å². The predicted octanol–water partition coefficient (Wildman–Crippen LogP) is 3.81. The summed E-state index contributed by atoms with van der Waals surface area (Å²) in [4.78, 5) is 0. The Kier molecular flexibility index (Phi) is 4.22. The summed E-state index contributed by atoms with van der Waals surface area (Å²) in [6.45, 7) is 6.87. The Morgan fingerprint density at radius 2 is 1.95 bits per heavy atom. The molecule has 0 atom stereocenters. The molecule has 1 fully saturated rings. The molecule has 3 heteroatoms. The number of hydrogen-bond acceptors (Lipinski definition) is 2. The highest BCUT2D eigenvalue weighted by molar-refractivity contribution is 5.46. The largest absolute Gasteiger partial charge is 0.384 e. The molecule has 2 N–H and O–H groups in total. The van der Waals surface area contributed by atoms with E-state index in [0.717, 1.165) is 24.6 Å². The molecule has 0 aliphatic heterocycles. The Balaban J connectivity index is 2.44. The third-order valence-electron chi connectivity index (χ3n) is 4.56. The molecule has 3 nitrogen and oxygen atoms in total. The molecule has 0 radical (unpaired) electrons. The molecule has 0 saturated heterocycles. The fourth-order valence-electron chi connectivity index (χ4n) is 3.87. The standard InChI is InChI=1S/C16H29N3/c1-5-8-13-14(18-19(4)15(13)17)16(11-12(2)3)9-6-7-10-16/h12H,5-11,17H2,1-4H3. The lowest BCUT2D eigenvalue weighted by Gasteiger charge is -2.30. The van der Waals surface area contributed by atoms with Gasteiger partial charge in [-0.3, -0.25) is 4.68 Å². The second-order valence-electron chi connectivity index (χ2n) is 6.67. The van der Waals surface area contributed by atoms with Crippen molar-refractivity contribution >= 4 is 5.82 Å². The molecule has 0 unspecified atom stereocenters. The fourth-order valence-corrected chi connectivity index (χ4v) is 3.87. The Morgan fingerprint density at radius 3 is 2.47 bits per heavy atom. The van der Waals surface area contributed by atoms with Gasteiger partial charge in [0.2, 0.25) is 0 Å². The zero-order chi connectivity index (χ0) is 14.0. The fraction of sp³-hybridized carbons (Fsp3) is 0.812. The van der Waals surface area contributed by atoms with E-state index in [4.69, 9.17) is 10.8 Å². The first-order valence-electron chi connectivity index (χ1n) is 7.82. The van der Waals surface area contributed by atoms with Crippen LogP contribution in [0.5, 0.6) is 0 Å². The Bertz CT molecular complexity index is 425. The number of anilines is 1. The summed E-state index contributed by atoms with van der Waals surface area (Å²) in [6.07, 6.45) is 8.72. The molecule has 108 valence electrons. The summed E-state index contributed by atoms with van der Waals surface area (Å²) < 4.78 is 1.89. The topological polar surface area (TPSA) is 43.8 Å². The number of nitrogens with two attached hydrogens (primary N) is 1. The number of aromatic nitrogens is 2. The molecular formula is C16H29N3. The highest BCUT2D eigenvalue weighted by Crippen LogP contribution is 2.47. The van der Waals surface area contributed by atoms with Crippen LogP contribution < -0.4 is 5.73 Å². The first-order chi connectivity index (χ1) is 9.00. The molecule has 0 amide bonds. The first kappa shape index (κ1) is 14.4. The van der Waals surface area contributed by atoms with Gasteiger partial charge in [0.05, 0.1) is 5.69 Å². The molecule has 0 spiro atoms. The molecule has 1 heterocycles. The summed E-state index contributed by atoms with van der Waals surface area (Å²) in [5, 5.41) is 4.83. The zero-order valence-electron chi connectivity index (χ0n) is 13.0. The van der Waals surface area contributed by atoms with Crippen LogP contribution in [0.4, 0.5) is 5.82 Å².